The molecule has 8 rings (SSSR count). The van der Waals surface area contributed by atoms with Crippen molar-refractivity contribution in [1.82, 2.24) is 15.0 Å². The van der Waals surface area contributed by atoms with Crippen LogP contribution in [0.25, 0.3) is 78.0 Å². The summed E-state index contributed by atoms with van der Waals surface area (Å²) in [7, 11) is 0. The van der Waals surface area contributed by atoms with E-state index < -0.39 is 0 Å². The van der Waals surface area contributed by atoms with Gasteiger partial charge in [0.25, 0.3) is 0 Å². The van der Waals surface area contributed by atoms with Gasteiger partial charge in [-0.2, -0.15) is 0 Å². The summed E-state index contributed by atoms with van der Waals surface area (Å²) in [6.07, 6.45) is 0. The summed E-state index contributed by atoms with van der Waals surface area (Å²) in [5.41, 5.74) is 9.28. The Hall–Kier alpha value is -5.61. The summed E-state index contributed by atoms with van der Waals surface area (Å²) in [6.45, 7) is 0. The minimum atomic E-state index is 0.586. The van der Waals surface area contributed by atoms with Gasteiger partial charge >= 0.3 is 0 Å². The average Bonchev–Trinajstić information content (AvgIpc) is 3.42. The number of hydrogen-bond acceptors (Lipinski definition) is 4. The Balaban J connectivity index is 1.41. The van der Waals surface area contributed by atoms with Crippen molar-refractivity contribution in [3.63, 3.8) is 0 Å². The highest BCUT2D eigenvalue weighted by Crippen LogP contribution is 2.40. The lowest BCUT2D eigenvalue weighted by Gasteiger charge is -2.12. The summed E-state index contributed by atoms with van der Waals surface area (Å²) in [4.78, 5) is 15.3. The lowest BCUT2D eigenvalue weighted by Crippen LogP contribution is -1.98. The topological polar surface area (TPSA) is 51.8 Å². The van der Waals surface area contributed by atoms with E-state index in [4.69, 9.17) is 19.4 Å². The van der Waals surface area contributed by atoms with Crippen LogP contribution in [0.5, 0.6) is 0 Å². The van der Waals surface area contributed by atoms with Gasteiger partial charge in [-0.1, -0.05) is 121 Å². The van der Waals surface area contributed by atoms with Crippen molar-refractivity contribution in [2.75, 3.05) is 0 Å². The first-order chi connectivity index (χ1) is 20.3. The van der Waals surface area contributed by atoms with Gasteiger partial charge in [0.05, 0.1) is 22.3 Å². The molecule has 3 aromatic heterocycles. The zero-order chi connectivity index (χ0) is 27.2. The average molecular weight is 526 g/mol. The van der Waals surface area contributed by atoms with E-state index in [9.17, 15) is 0 Å². The Bertz CT molecular complexity index is 2180. The van der Waals surface area contributed by atoms with Crippen LogP contribution in [0.3, 0.4) is 0 Å². The second-order valence-corrected chi connectivity index (χ2v) is 10.1. The second kappa shape index (κ2) is 9.54. The number of pyridine rings is 1. The van der Waals surface area contributed by atoms with Crippen LogP contribution in [-0.4, -0.2) is 15.0 Å². The van der Waals surface area contributed by atoms with Gasteiger partial charge in [0.15, 0.2) is 5.82 Å². The molecule has 5 aromatic carbocycles. The van der Waals surface area contributed by atoms with Crippen molar-refractivity contribution in [2.24, 2.45) is 0 Å². The number of fused-ring (bicyclic) bond motifs is 4. The molecule has 0 N–H and O–H groups in total. The third-order valence-electron chi connectivity index (χ3n) is 7.53. The van der Waals surface area contributed by atoms with Crippen LogP contribution in [-0.2, 0) is 0 Å². The van der Waals surface area contributed by atoms with Crippen LogP contribution in [0.4, 0.5) is 0 Å². The normalized spacial score (nSPS) is 11.4. The molecular formula is C37H23N3O. The van der Waals surface area contributed by atoms with Crippen molar-refractivity contribution < 1.29 is 4.42 Å². The molecule has 0 aliphatic rings. The van der Waals surface area contributed by atoms with Crippen LogP contribution in [0.2, 0.25) is 0 Å². The van der Waals surface area contributed by atoms with Crippen LogP contribution in [0, 0.1) is 0 Å². The van der Waals surface area contributed by atoms with Crippen LogP contribution in [0.1, 0.15) is 0 Å². The molecule has 3 heterocycles. The van der Waals surface area contributed by atoms with E-state index in [1.165, 1.54) is 11.1 Å². The first-order valence-corrected chi connectivity index (χ1v) is 13.6. The number of aromatic nitrogens is 3. The largest absolute Gasteiger partial charge is 0.438 e. The molecule has 0 unspecified atom stereocenters. The Kier molecular flexibility index (Phi) is 5.42. The summed E-state index contributed by atoms with van der Waals surface area (Å²) in [5.74, 6) is 0.642. The number of benzene rings is 5. The molecule has 0 radical (unpaired) electrons. The molecule has 0 spiro atoms. The number of nitrogens with zero attached hydrogens (tertiary/aromatic N) is 3. The maximum Gasteiger partial charge on any atom is 0.228 e. The predicted octanol–water partition coefficient (Wildman–Crippen LogP) is 9.59. The monoisotopic (exact) mass is 525 g/mol. The summed E-state index contributed by atoms with van der Waals surface area (Å²) in [6, 6.07) is 47.5. The van der Waals surface area contributed by atoms with E-state index in [0.717, 1.165) is 55.3 Å². The quantitative estimate of drug-likeness (QED) is 0.230. The SMILES string of the molecule is c1ccc(-c2ccc(-c3cc(-c4ccccc4)nc(-c4c5ccccc5nc5oc6ccccc6c45)n3)cc2)cc1. The summed E-state index contributed by atoms with van der Waals surface area (Å²) in [5, 5.41) is 2.91. The number of hydrogen-bond donors (Lipinski definition) is 0. The van der Waals surface area contributed by atoms with Crippen LogP contribution >= 0.6 is 0 Å². The zero-order valence-corrected chi connectivity index (χ0v) is 22.0. The van der Waals surface area contributed by atoms with E-state index in [1.54, 1.807) is 0 Å². The zero-order valence-electron chi connectivity index (χ0n) is 22.0. The maximum absolute atomic E-state index is 6.24. The third kappa shape index (κ3) is 4.05. The van der Waals surface area contributed by atoms with Crippen molar-refractivity contribution in [1.29, 1.82) is 0 Å². The Morgan fingerprint density at radius 2 is 0.976 bits per heavy atom. The Labute approximate surface area is 236 Å². The molecule has 8 aromatic rings. The molecule has 0 aliphatic heterocycles. The standard InChI is InChI=1S/C37H23N3O/c1-3-11-24(12-4-1)25-19-21-27(22-20-25)32-23-31(26-13-5-2-6-14-26)38-36(39-32)34-28-15-7-9-17-30(28)40-37-35(34)29-16-8-10-18-33(29)41-37/h1-23H. The lowest BCUT2D eigenvalue weighted by molar-refractivity contribution is 0.656. The molecule has 0 atom stereocenters. The summed E-state index contributed by atoms with van der Waals surface area (Å²) < 4.78 is 6.24. The van der Waals surface area contributed by atoms with Gasteiger partial charge in [0.1, 0.15) is 5.58 Å². The maximum atomic E-state index is 6.24. The molecule has 192 valence electrons. The van der Waals surface area contributed by atoms with Gasteiger partial charge in [-0.15, -0.1) is 0 Å². The van der Waals surface area contributed by atoms with Crippen LogP contribution in [0.15, 0.2) is 144 Å². The fraction of sp³-hybridized carbons (Fsp3) is 0. The molecule has 0 bridgehead atoms. The van der Waals surface area contributed by atoms with Gasteiger partial charge in [-0.25, -0.2) is 15.0 Å². The molecule has 0 aliphatic carbocycles. The van der Waals surface area contributed by atoms with E-state index in [-0.39, 0.29) is 0 Å². The van der Waals surface area contributed by atoms with Crippen molar-refractivity contribution >= 4 is 33.0 Å². The Morgan fingerprint density at radius 3 is 1.71 bits per heavy atom. The third-order valence-corrected chi connectivity index (χ3v) is 7.53. The van der Waals surface area contributed by atoms with Gasteiger partial charge in [0, 0.05) is 27.5 Å². The highest BCUT2D eigenvalue weighted by molar-refractivity contribution is 6.17. The second-order valence-electron chi connectivity index (χ2n) is 10.1. The molecular weight excluding hydrogens is 502 g/mol. The fourth-order valence-electron chi connectivity index (χ4n) is 5.54. The molecule has 41 heavy (non-hydrogen) atoms. The number of para-hydroxylation sites is 2. The molecule has 0 saturated heterocycles. The lowest BCUT2D eigenvalue weighted by atomic mass is 10.00. The smallest absolute Gasteiger partial charge is 0.228 e. The molecule has 0 fully saturated rings. The minimum Gasteiger partial charge on any atom is -0.438 e. The number of rotatable bonds is 4. The molecule has 0 saturated carbocycles. The Morgan fingerprint density at radius 1 is 0.439 bits per heavy atom. The van der Waals surface area contributed by atoms with Crippen molar-refractivity contribution in [2.45, 2.75) is 0 Å². The van der Waals surface area contributed by atoms with Crippen LogP contribution < -0.4 is 0 Å². The predicted molar refractivity (Wildman–Crippen MR) is 166 cm³/mol. The molecule has 4 nitrogen and oxygen atoms in total. The first kappa shape index (κ1) is 23.3. The highest BCUT2D eigenvalue weighted by atomic mass is 16.3. The first-order valence-electron chi connectivity index (χ1n) is 13.6. The van der Waals surface area contributed by atoms with Gasteiger partial charge in [0.2, 0.25) is 5.71 Å². The van der Waals surface area contributed by atoms with Gasteiger partial charge in [-0.05, 0) is 29.3 Å². The van der Waals surface area contributed by atoms with E-state index in [2.05, 4.69) is 78.9 Å². The number of furan rings is 1. The molecule has 4 heteroatoms. The van der Waals surface area contributed by atoms with E-state index >= 15 is 0 Å². The molecule has 0 amide bonds. The van der Waals surface area contributed by atoms with Crippen molar-refractivity contribution in [3.05, 3.63) is 140 Å². The van der Waals surface area contributed by atoms with Gasteiger partial charge in [-0.3, -0.25) is 0 Å². The van der Waals surface area contributed by atoms with E-state index in [1.807, 2.05) is 60.7 Å². The van der Waals surface area contributed by atoms with E-state index in [0.29, 0.717) is 11.5 Å². The highest BCUT2D eigenvalue weighted by Gasteiger charge is 2.21. The van der Waals surface area contributed by atoms with Crippen molar-refractivity contribution in [3.8, 4) is 45.0 Å². The fourth-order valence-corrected chi connectivity index (χ4v) is 5.54. The van der Waals surface area contributed by atoms with Gasteiger partial charge < -0.3 is 4.42 Å². The minimum absolute atomic E-state index is 0.586. The summed E-state index contributed by atoms with van der Waals surface area (Å²) >= 11 is 0.